The van der Waals surface area contributed by atoms with Crippen LogP contribution in [0, 0.1) is 6.92 Å². The van der Waals surface area contributed by atoms with Crippen molar-refractivity contribution in [2.75, 3.05) is 13.1 Å². The third-order valence-corrected chi connectivity index (χ3v) is 4.27. The molecule has 0 bridgehead atoms. The Hall–Kier alpha value is -1.07. The highest BCUT2D eigenvalue weighted by Gasteiger charge is 2.37. The first-order valence-corrected chi connectivity index (χ1v) is 7.96. The molecule has 1 unspecified atom stereocenters. The first kappa shape index (κ1) is 15.3. The van der Waals surface area contributed by atoms with Crippen LogP contribution in [0.5, 0.6) is 0 Å². The van der Waals surface area contributed by atoms with Crippen LogP contribution >= 0.6 is 11.3 Å². The molecule has 1 saturated heterocycles. The number of nitrogens with one attached hydrogen (secondary N) is 2. The lowest BCUT2D eigenvalue weighted by Gasteiger charge is -2.38. The van der Waals surface area contributed by atoms with E-state index in [1.165, 1.54) is 10.4 Å². The van der Waals surface area contributed by atoms with Gasteiger partial charge in [0.1, 0.15) is 5.60 Å². The van der Waals surface area contributed by atoms with Crippen molar-refractivity contribution < 1.29 is 9.53 Å². The molecule has 1 aromatic heterocycles. The van der Waals surface area contributed by atoms with Crippen LogP contribution < -0.4 is 10.6 Å². The van der Waals surface area contributed by atoms with Crippen molar-refractivity contribution in [3.63, 3.8) is 0 Å². The molecule has 2 heterocycles. The van der Waals surface area contributed by atoms with Crippen molar-refractivity contribution >= 4 is 17.4 Å². The summed E-state index contributed by atoms with van der Waals surface area (Å²) in [6, 6.07) is 2.16. The summed E-state index contributed by atoms with van der Waals surface area (Å²) in [5, 5.41) is 8.63. The molecule has 0 radical (unpaired) electrons. The van der Waals surface area contributed by atoms with Crippen LogP contribution in [-0.2, 0) is 10.3 Å². The van der Waals surface area contributed by atoms with Crippen molar-refractivity contribution in [3.05, 3.63) is 21.9 Å². The lowest BCUT2D eigenvalue weighted by molar-refractivity contribution is 0.0431. The van der Waals surface area contributed by atoms with E-state index in [-0.39, 0.29) is 11.6 Å². The summed E-state index contributed by atoms with van der Waals surface area (Å²) in [6.45, 7) is 9.49. The Morgan fingerprint density at radius 2 is 2.25 bits per heavy atom. The van der Waals surface area contributed by atoms with Gasteiger partial charge >= 0.3 is 6.09 Å². The minimum absolute atomic E-state index is 0.342. The number of carbonyl (C=O) groups is 1. The predicted octanol–water partition coefficient (Wildman–Crippen LogP) is 3.16. The average molecular weight is 296 g/mol. The summed E-state index contributed by atoms with van der Waals surface area (Å²) < 4.78 is 5.42. The quantitative estimate of drug-likeness (QED) is 0.881. The number of ether oxygens (including phenoxy) is 1. The monoisotopic (exact) mass is 296 g/mol. The molecule has 4 nitrogen and oxygen atoms in total. The number of amides is 1. The van der Waals surface area contributed by atoms with Gasteiger partial charge in [0.05, 0.1) is 5.54 Å². The van der Waals surface area contributed by atoms with Gasteiger partial charge in [-0.05, 0) is 64.1 Å². The standard InChI is InChI=1S/C15H24N2O2S/c1-11-8-12(9-20-11)15(6-5-7-16-10-15)17-13(18)19-14(2,3)4/h8-9,16H,5-7,10H2,1-4H3,(H,17,18). The fourth-order valence-corrected chi connectivity index (χ4v) is 3.33. The first-order valence-electron chi connectivity index (χ1n) is 7.08. The maximum Gasteiger partial charge on any atom is 0.408 e. The second-order valence-electron chi connectivity index (χ2n) is 6.44. The molecule has 1 aliphatic rings. The maximum atomic E-state index is 12.2. The van der Waals surface area contributed by atoms with Crippen LogP contribution in [0.2, 0.25) is 0 Å². The summed E-state index contributed by atoms with van der Waals surface area (Å²) in [5.41, 5.74) is 0.363. The number of aryl methyl sites for hydroxylation is 1. The minimum atomic E-state index is -0.474. The van der Waals surface area contributed by atoms with Crippen molar-refractivity contribution in [3.8, 4) is 0 Å². The zero-order chi connectivity index (χ0) is 14.8. The summed E-state index contributed by atoms with van der Waals surface area (Å²) in [5.74, 6) is 0. The summed E-state index contributed by atoms with van der Waals surface area (Å²) in [4.78, 5) is 13.4. The van der Waals surface area contributed by atoms with Crippen LogP contribution in [-0.4, -0.2) is 24.8 Å². The van der Waals surface area contributed by atoms with Crippen LogP contribution in [0.1, 0.15) is 44.1 Å². The van der Waals surface area contributed by atoms with Gasteiger partial charge in [0.15, 0.2) is 0 Å². The van der Waals surface area contributed by atoms with Crippen LogP contribution in [0.25, 0.3) is 0 Å². The molecule has 1 aromatic rings. The molecule has 2 rings (SSSR count). The van der Waals surface area contributed by atoms with Gasteiger partial charge in [-0.1, -0.05) is 0 Å². The van der Waals surface area contributed by atoms with E-state index in [2.05, 4.69) is 29.0 Å². The van der Waals surface area contributed by atoms with Crippen LogP contribution in [0.15, 0.2) is 11.4 Å². The third-order valence-electron chi connectivity index (χ3n) is 3.41. The third kappa shape index (κ3) is 3.73. The highest BCUT2D eigenvalue weighted by molar-refractivity contribution is 7.10. The summed E-state index contributed by atoms with van der Waals surface area (Å²) in [7, 11) is 0. The van der Waals surface area contributed by atoms with E-state index >= 15 is 0 Å². The molecular weight excluding hydrogens is 272 g/mol. The van der Waals surface area contributed by atoms with Gasteiger partial charge in [-0.25, -0.2) is 4.79 Å². The van der Waals surface area contributed by atoms with E-state index < -0.39 is 5.60 Å². The Morgan fingerprint density at radius 3 is 2.75 bits per heavy atom. The summed E-state index contributed by atoms with van der Waals surface area (Å²) >= 11 is 1.72. The van der Waals surface area contributed by atoms with E-state index in [0.29, 0.717) is 0 Å². The van der Waals surface area contributed by atoms with E-state index in [0.717, 1.165) is 25.9 Å². The van der Waals surface area contributed by atoms with Crippen molar-refractivity contribution in [2.45, 2.75) is 51.7 Å². The highest BCUT2D eigenvalue weighted by atomic mass is 32.1. The van der Waals surface area contributed by atoms with Gasteiger partial charge in [-0.3, -0.25) is 0 Å². The van der Waals surface area contributed by atoms with Gasteiger partial charge in [0, 0.05) is 11.4 Å². The Bertz CT molecular complexity index is 470. The zero-order valence-electron chi connectivity index (χ0n) is 12.7. The number of alkyl carbamates (subject to hydrolysis) is 1. The van der Waals surface area contributed by atoms with Crippen molar-refractivity contribution in [2.24, 2.45) is 0 Å². The fourth-order valence-electron chi connectivity index (χ4n) is 2.52. The molecule has 0 aliphatic carbocycles. The molecule has 1 amide bonds. The highest BCUT2D eigenvalue weighted by Crippen LogP contribution is 2.32. The number of hydrogen-bond acceptors (Lipinski definition) is 4. The molecule has 1 atom stereocenters. The molecule has 0 aromatic carbocycles. The second-order valence-corrected chi connectivity index (χ2v) is 7.55. The lowest BCUT2D eigenvalue weighted by Crippen LogP contribution is -2.55. The van der Waals surface area contributed by atoms with Crippen LogP contribution in [0.3, 0.4) is 0 Å². The predicted molar refractivity (Wildman–Crippen MR) is 82.2 cm³/mol. The molecule has 0 spiro atoms. The Morgan fingerprint density at radius 1 is 1.50 bits per heavy atom. The zero-order valence-corrected chi connectivity index (χ0v) is 13.5. The Labute approximate surface area is 124 Å². The molecule has 1 fully saturated rings. The van der Waals surface area contributed by atoms with Crippen molar-refractivity contribution in [1.82, 2.24) is 10.6 Å². The number of piperidine rings is 1. The Kier molecular flexibility index (Phi) is 4.39. The SMILES string of the molecule is Cc1cc(C2(NC(=O)OC(C)(C)C)CCCNC2)cs1. The van der Waals surface area contributed by atoms with E-state index in [1.54, 1.807) is 11.3 Å². The summed E-state index contributed by atoms with van der Waals surface area (Å²) in [6.07, 6.45) is 1.64. The van der Waals surface area contributed by atoms with E-state index in [4.69, 9.17) is 4.74 Å². The largest absolute Gasteiger partial charge is 0.444 e. The molecule has 2 N–H and O–H groups in total. The molecule has 5 heteroatoms. The lowest BCUT2D eigenvalue weighted by atomic mass is 9.84. The second kappa shape index (κ2) is 5.74. The number of rotatable bonds is 2. The average Bonchev–Trinajstić information content (AvgIpc) is 2.75. The van der Waals surface area contributed by atoms with Crippen molar-refractivity contribution in [1.29, 1.82) is 0 Å². The minimum Gasteiger partial charge on any atom is -0.444 e. The Balaban J connectivity index is 2.18. The maximum absolute atomic E-state index is 12.2. The van der Waals surface area contributed by atoms with E-state index in [9.17, 15) is 4.79 Å². The van der Waals surface area contributed by atoms with Gasteiger partial charge in [-0.2, -0.15) is 0 Å². The molecular formula is C15H24N2O2S. The molecule has 1 aliphatic heterocycles. The van der Waals surface area contributed by atoms with E-state index in [1.807, 2.05) is 20.8 Å². The van der Waals surface area contributed by atoms with Gasteiger partial charge in [0.2, 0.25) is 0 Å². The molecule has 20 heavy (non-hydrogen) atoms. The normalized spacial score (nSPS) is 23.4. The van der Waals surface area contributed by atoms with Crippen LogP contribution in [0.4, 0.5) is 4.79 Å². The topological polar surface area (TPSA) is 50.4 Å². The molecule has 0 saturated carbocycles. The smallest absolute Gasteiger partial charge is 0.408 e. The number of carbonyl (C=O) groups excluding carboxylic acids is 1. The van der Waals surface area contributed by atoms with Gasteiger partial charge in [-0.15, -0.1) is 11.3 Å². The first-order chi connectivity index (χ1) is 9.31. The number of thiophene rings is 1. The fraction of sp³-hybridized carbons (Fsp3) is 0.667. The molecule has 112 valence electrons. The number of hydrogen-bond donors (Lipinski definition) is 2. The van der Waals surface area contributed by atoms with Gasteiger partial charge in [0.25, 0.3) is 0 Å². The van der Waals surface area contributed by atoms with Gasteiger partial charge < -0.3 is 15.4 Å².